The number of hydrogen-bond donors (Lipinski definition) is 0. The minimum absolute atomic E-state index is 0.00463. The molecule has 5 heteroatoms. The van der Waals surface area contributed by atoms with Gasteiger partial charge in [-0.25, -0.2) is 4.79 Å². The first-order valence-corrected chi connectivity index (χ1v) is 4.73. The maximum absolute atomic E-state index is 11.7. The van der Waals surface area contributed by atoms with Crippen LogP contribution in [0.25, 0.3) is 0 Å². The van der Waals surface area contributed by atoms with E-state index in [4.69, 9.17) is 0 Å². The number of likely N-dealkylation sites (tertiary alicyclic amines) is 1. The predicted octanol–water partition coefficient (Wildman–Crippen LogP) is -0.214. The van der Waals surface area contributed by atoms with Crippen LogP contribution in [0, 0.1) is 5.92 Å². The van der Waals surface area contributed by atoms with Crippen molar-refractivity contribution < 1.29 is 9.59 Å². The number of nitrogens with zero attached hydrogens (tertiary/aromatic N) is 3. The first kappa shape index (κ1) is 9.30. The molecule has 2 aliphatic rings. The molecule has 2 heterocycles. The Hall–Kier alpha value is -1.26. The van der Waals surface area contributed by atoms with Crippen molar-refractivity contribution in [2.24, 2.45) is 5.92 Å². The number of likely N-dealkylation sites (N-methyl/N-ethyl adjacent to an activating group) is 3. The molecule has 0 radical (unpaired) electrons. The van der Waals surface area contributed by atoms with Crippen LogP contribution in [0.3, 0.4) is 0 Å². The lowest BCUT2D eigenvalue weighted by Crippen LogP contribution is -2.42. The zero-order chi connectivity index (χ0) is 10.6. The Kier molecular flexibility index (Phi) is 1.74. The van der Waals surface area contributed by atoms with Crippen LogP contribution in [0.2, 0.25) is 0 Å². The number of rotatable bonds is 0. The highest BCUT2D eigenvalue weighted by molar-refractivity contribution is 5.87. The zero-order valence-electron chi connectivity index (χ0n) is 8.89. The summed E-state index contributed by atoms with van der Waals surface area (Å²) in [5.74, 6) is 0.0232. The molecule has 0 saturated carbocycles. The van der Waals surface area contributed by atoms with Gasteiger partial charge in [0.25, 0.3) is 0 Å². The normalized spacial score (nSPS) is 37.1. The van der Waals surface area contributed by atoms with Crippen molar-refractivity contribution in [2.75, 3.05) is 21.1 Å². The Bertz CT molecular complexity index is 250. The van der Waals surface area contributed by atoms with E-state index in [1.54, 1.807) is 35.8 Å². The Morgan fingerprint density at radius 1 is 1.00 bits per heavy atom. The second-order valence-electron chi connectivity index (χ2n) is 4.15. The number of urea groups is 1. The van der Waals surface area contributed by atoms with Crippen molar-refractivity contribution in [1.29, 1.82) is 0 Å². The molecule has 2 aliphatic heterocycles. The summed E-state index contributed by atoms with van der Waals surface area (Å²) in [4.78, 5) is 28.3. The van der Waals surface area contributed by atoms with Crippen LogP contribution >= 0.6 is 0 Å². The number of carbonyl (C=O) groups is 2. The van der Waals surface area contributed by atoms with E-state index in [9.17, 15) is 9.59 Å². The fourth-order valence-electron chi connectivity index (χ4n) is 2.60. The summed E-state index contributed by atoms with van der Waals surface area (Å²) in [7, 11) is 5.25. The standard InChI is InChI=1S/C9H15N3O2/c1-5-6-7(11(3)8(5)13)12(4)9(14)10(6)2/h5-7H,1-4H3. The largest absolute Gasteiger partial charge is 0.323 e. The van der Waals surface area contributed by atoms with Gasteiger partial charge in [0.2, 0.25) is 5.91 Å². The first-order valence-electron chi connectivity index (χ1n) is 4.73. The minimum Gasteiger partial charge on any atom is -0.323 e. The molecule has 0 aromatic rings. The molecule has 3 atom stereocenters. The average molecular weight is 197 g/mol. The summed E-state index contributed by atoms with van der Waals surface area (Å²) in [6, 6.07) is -0.00352. The van der Waals surface area contributed by atoms with E-state index < -0.39 is 0 Å². The van der Waals surface area contributed by atoms with Crippen LogP contribution in [0.15, 0.2) is 0 Å². The Morgan fingerprint density at radius 3 is 2.07 bits per heavy atom. The highest BCUT2D eigenvalue weighted by atomic mass is 16.2. The zero-order valence-corrected chi connectivity index (χ0v) is 8.89. The third-order valence-corrected chi connectivity index (χ3v) is 3.40. The van der Waals surface area contributed by atoms with Gasteiger partial charge in [-0.2, -0.15) is 0 Å². The molecular weight excluding hydrogens is 182 g/mol. The number of carbonyl (C=O) groups excluding carboxylic acids is 2. The molecule has 0 aromatic carbocycles. The SMILES string of the molecule is CC1C(=O)N(C)C2C1N(C)C(=O)N2C. The van der Waals surface area contributed by atoms with Gasteiger partial charge in [0.15, 0.2) is 0 Å². The highest BCUT2D eigenvalue weighted by Crippen LogP contribution is 2.34. The van der Waals surface area contributed by atoms with Crippen LogP contribution in [0.1, 0.15) is 6.92 Å². The fraction of sp³-hybridized carbons (Fsp3) is 0.778. The maximum atomic E-state index is 11.7. The predicted molar refractivity (Wildman–Crippen MR) is 50.4 cm³/mol. The molecule has 78 valence electrons. The van der Waals surface area contributed by atoms with Gasteiger partial charge in [-0.15, -0.1) is 0 Å². The summed E-state index contributed by atoms with van der Waals surface area (Å²) < 4.78 is 0. The molecule has 2 rings (SSSR count). The second kappa shape index (κ2) is 2.62. The fourth-order valence-corrected chi connectivity index (χ4v) is 2.60. The third-order valence-electron chi connectivity index (χ3n) is 3.40. The summed E-state index contributed by atoms with van der Waals surface area (Å²) in [5, 5.41) is 0. The van der Waals surface area contributed by atoms with Crippen LogP contribution in [-0.4, -0.2) is 60.0 Å². The van der Waals surface area contributed by atoms with Crippen molar-refractivity contribution in [3.63, 3.8) is 0 Å². The molecule has 2 saturated heterocycles. The summed E-state index contributed by atoms with van der Waals surface area (Å²) in [5.41, 5.74) is 0. The van der Waals surface area contributed by atoms with Gasteiger partial charge >= 0.3 is 6.03 Å². The Labute approximate surface area is 83.2 Å². The van der Waals surface area contributed by atoms with Crippen molar-refractivity contribution in [1.82, 2.24) is 14.7 Å². The van der Waals surface area contributed by atoms with Gasteiger partial charge in [-0.05, 0) is 0 Å². The Balaban J connectivity index is 2.39. The van der Waals surface area contributed by atoms with E-state index in [-0.39, 0.29) is 30.1 Å². The van der Waals surface area contributed by atoms with E-state index in [1.807, 2.05) is 6.92 Å². The molecule has 0 N–H and O–H groups in total. The minimum atomic E-state index is -0.0936. The lowest BCUT2D eigenvalue weighted by Gasteiger charge is -2.24. The molecule has 3 amide bonds. The lowest BCUT2D eigenvalue weighted by molar-refractivity contribution is -0.131. The van der Waals surface area contributed by atoms with E-state index in [1.165, 1.54) is 0 Å². The van der Waals surface area contributed by atoms with Crippen molar-refractivity contribution >= 4 is 11.9 Å². The first-order chi connectivity index (χ1) is 6.46. The van der Waals surface area contributed by atoms with E-state index >= 15 is 0 Å². The van der Waals surface area contributed by atoms with Crippen molar-refractivity contribution in [3.05, 3.63) is 0 Å². The summed E-state index contributed by atoms with van der Waals surface area (Å²) in [6.07, 6.45) is -0.0880. The third kappa shape index (κ3) is 0.844. The maximum Gasteiger partial charge on any atom is 0.321 e. The highest BCUT2D eigenvalue weighted by Gasteiger charge is 2.55. The molecule has 0 aromatic heterocycles. The Morgan fingerprint density at radius 2 is 1.57 bits per heavy atom. The number of fused-ring (bicyclic) bond motifs is 1. The van der Waals surface area contributed by atoms with Gasteiger partial charge in [-0.1, -0.05) is 6.92 Å². The molecule has 5 nitrogen and oxygen atoms in total. The summed E-state index contributed by atoms with van der Waals surface area (Å²) >= 11 is 0. The smallest absolute Gasteiger partial charge is 0.321 e. The van der Waals surface area contributed by atoms with Crippen LogP contribution in [-0.2, 0) is 4.79 Å². The van der Waals surface area contributed by atoms with Crippen LogP contribution in [0.5, 0.6) is 0 Å². The van der Waals surface area contributed by atoms with Gasteiger partial charge in [0, 0.05) is 21.1 Å². The monoisotopic (exact) mass is 197 g/mol. The average Bonchev–Trinajstić information content (AvgIpc) is 2.51. The quantitative estimate of drug-likeness (QED) is 0.539. The van der Waals surface area contributed by atoms with Gasteiger partial charge in [0.1, 0.15) is 6.17 Å². The van der Waals surface area contributed by atoms with Crippen LogP contribution < -0.4 is 0 Å². The van der Waals surface area contributed by atoms with Crippen molar-refractivity contribution in [3.8, 4) is 0 Å². The molecule has 3 unspecified atom stereocenters. The number of amides is 3. The van der Waals surface area contributed by atoms with Gasteiger partial charge in [0.05, 0.1) is 12.0 Å². The molecule has 2 fully saturated rings. The molecule has 14 heavy (non-hydrogen) atoms. The van der Waals surface area contributed by atoms with Gasteiger partial charge < -0.3 is 14.7 Å². The van der Waals surface area contributed by atoms with E-state index in [0.29, 0.717) is 0 Å². The van der Waals surface area contributed by atoms with E-state index in [0.717, 1.165) is 0 Å². The second-order valence-corrected chi connectivity index (χ2v) is 4.15. The molecule has 0 aliphatic carbocycles. The number of hydrogen-bond acceptors (Lipinski definition) is 2. The molecule has 0 spiro atoms. The lowest BCUT2D eigenvalue weighted by atomic mass is 10.0. The summed E-state index contributed by atoms with van der Waals surface area (Å²) in [6.45, 7) is 1.88. The van der Waals surface area contributed by atoms with Crippen LogP contribution in [0.4, 0.5) is 4.79 Å². The topological polar surface area (TPSA) is 43.9 Å². The van der Waals surface area contributed by atoms with Crippen molar-refractivity contribution in [2.45, 2.75) is 19.1 Å². The molecular formula is C9H15N3O2. The molecule has 0 bridgehead atoms. The van der Waals surface area contributed by atoms with E-state index in [2.05, 4.69) is 0 Å². The van der Waals surface area contributed by atoms with Gasteiger partial charge in [-0.3, -0.25) is 4.79 Å².